The molecule has 0 radical (unpaired) electrons. The van der Waals surface area contributed by atoms with Gasteiger partial charge in [-0.1, -0.05) is 11.6 Å². The Bertz CT molecular complexity index is 993. The molecule has 4 nitrogen and oxygen atoms in total. The third kappa shape index (κ3) is 2.70. The van der Waals surface area contributed by atoms with Crippen molar-refractivity contribution in [1.29, 1.82) is 0 Å². The highest BCUT2D eigenvalue weighted by Crippen LogP contribution is 2.41. The summed E-state index contributed by atoms with van der Waals surface area (Å²) in [6.45, 7) is 0. The second-order valence-corrected chi connectivity index (χ2v) is 8.19. The average molecular weight is 375 g/mol. The molecule has 0 aliphatic carbocycles. The van der Waals surface area contributed by atoms with Crippen molar-refractivity contribution in [3.8, 4) is 16.9 Å². The summed E-state index contributed by atoms with van der Waals surface area (Å²) in [5, 5.41) is 5.21. The molecule has 0 unspecified atom stereocenters. The van der Waals surface area contributed by atoms with Gasteiger partial charge < -0.3 is 0 Å². The Kier molecular flexibility index (Phi) is 4.04. The van der Waals surface area contributed by atoms with E-state index in [0.717, 1.165) is 39.5 Å². The predicted octanol–water partition coefficient (Wildman–Crippen LogP) is 4.08. The highest BCUT2D eigenvalue weighted by Gasteiger charge is 2.21. The van der Waals surface area contributed by atoms with Gasteiger partial charge in [-0.25, -0.2) is 0 Å². The molecule has 3 aromatic rings. The van der Waals surface area contributed by atoms with Gasteiger partial charge in [0.25, 0.3) is 5.56 Å². The number of carbonyl (C=O) groups is 1. The second-order valence-electron chi connectivity index (χ2n) is 5.31. The maximum absolute atomic E-state index is 12.5. The lowest BCUT2D eigenvalue weighted by Crippen LogP contribution is -2.22. The van der Waals surface area contributed by atoms with Crippen LogP contribution in [0.25, 0.3) is 16.9 Å². The zero-order chi connectivity index (χ0) is 16.7. The summed E-state index contributed by atoms with van der Waals surface area (Å²) in [6.07, 6.45) is 1.64. The van der Waals surface area contributed by atoms with E-state index in [1.165, 1.54) is 16.0 Å². The monoisotopic (exact) mass is 374 g/mol. The number of benzene rings is 1. The Hall–Kier alpha value is -1.89. The van der Waals surface area contributed by atoms with Crippen LogP contribution in [-0.4, -0.2) is 21.8 Å². The minimum atomic E-state index is -0.171. The highest BCUT2D eigenvalue weighted by atomic mass is 35.5. The molecule has 1 aliphatic heterocycles. The topological polar surface area (TPSA) is 52.0 Å². The number of rotatable bonds is 2. The molecule has 7 heteroatoms. The first-order valence-corrected chi connectivity index (χ1v) is 9.45. The number of fused-ring (bicyclic) bond motifs is 3. The van der Waals surface area contributed by atoms with Gasteiger partial charge in [-0.15, -0.1) is 23.1 Å². The van der Waals surface area contributed by atoms with Crippen LogP contribution in [0.3, 0.4) is 0 Å². The number of aryl methyl sites for hydroxylation is 1. The molecule has 0 amide bonds. The van der Waals surface area contributed by atoms with Gasteiger partial charge in [-0.3, -0.25) is 9.59 Å². The standard InChI is InChI=1S/C17H11ClN2O2S2/c18-11-1-3-12(4-2-11)20-15(22)7-10-5-6-23-17-14(16(10)19-20)8-13(9-21)24-17/h1-4,7-9H,5-6H2. The van der Waals surface area contributed by atoms with E-state index >= 15 is 0 Å². The van der Waals surface area contributed by atoms with Crippen LogP contribution < -0.4 is 5.56 Å². The maximum atomic E-state index is 12.5. The lowest BCUT2D eigenvalue weighted by molar-refractivity contribution is 0.112. The van der Waals surface area contributed by atoms with Crippen molar-refractivity contribution in [3.63, 3.8) is 0 Å². The first kappa shape index (κ1) is 15.6. The highest BCUT2D eigenvalue weighted by molar-refractivity contribution is 8.01. The van der Waals surface area contributed by atoms with Crippen molar-refractivity contribution >= 4 is 41.0 Å². The summed E-state index contributed by atoms with van der Waals surface area (Å²) >= 11 is 9.09. The van der Waals surface area contributed by atoms with E-state index in [1.54, 1.807) is 42.1 Å². The normalized spacial score (nSPS) is 13.0. The van der Waals surface area contributed by atoms with Crippen LogP contribution in [0.15, 0.2) is 45.4 Å². The number of hydrogen-bond acceptors (Lipinski definition) is 5. The first-order valence-electron chi connectivity index (χ1n) is 7.27. The smallest absolute Gasteiger partial charge is 0.271 e. The van der Waals surface area contributed by atoms with Gasteiger partial charge in [0.15, 0.2) is 6.29 Å². The molecule has 120 valence electrons. The van der Waals surface area contributed by atoms with Gasteiger partial charge in [-0.2, -0.15) is 9.78 Å². The molecule has 1 aliphatic rings. The molecule has 0 spiro atoms. The Balaban J connectivity index is 1.94. The summed E-state index contributed by atoms with van der Waals surface area (Å²) in [4.78, 5) is 24.3. The lowest BCUT2D eigenvalue weighted by atomic mass is 10.1. The summed E-state index contributed by atoms with van der Waals surface area (Å²) in [5.41, 5.74) is 3.12. The Morgan fingerprint density at radius 3 is 2.75 bits per heavy atom. The van der Waals surface area contributed by atoms with Gasteiger partial charge in [0.2, 0.25) is 0 Å². The Labute approximate surface area is 151 Å². The van der Waals surface area contributed by atoms with Gasteiger partial charge in [0, 0.05) is 22.4 Å². The van der Waals surface area contributed by atoms with Crippen LogP contribution in [-0.2, 0) is 6.42 Å². The molecule has 0 N–H and O–H groups in total. The van der Waals surface area contributed by atoms with Crippen LogP contribution in [0.1, 0.15) is 15.2 Å². The molecule has 1 aromatic carbocycles. The van der Waals surface area contributed by atoms with Crippen molar-refractivity contribution in [2.75, 3.05) is 5.75 Å². The van der Waals surface area contributed by atoms with Crippen molar-refractivity contribution in [1.82, 2.24) is 9.78 Å². The van der Waals surface area contributed by atoms with Crippen molar-refractivity contribution in [2.24, 2.45) is 0 Å². The largest absolute Gasteiger partial charge is 0.297 e. The van der Waals surface area contributed by atoms with Crippen LogP contribution in [0.5, 0.6) is 0 Å². The van der Waals surface area contributed by atoms with E-state index in [9.17, 15) is 9.59 Å². The number of nitrogens with zero attached hydrogens (tertiary/aromatic N) is 2. The summed E-state index contributed by atoms with van der Waals surface area (Å²) in [7, 11) is 0. The number of thioether (sulfide) groups is 1. The Morgan fingerprint density at radius 1 is 1.21 bits per heavy atom. The fourth-order valence-corrected chi connectivity index (χ4v) is 5.08. The molecule has 24 heavy (non-hydrogen) atoms. The minimum absolute atomic E-state index is 0.171. The quantitative estimate of drug-likeness (QED) is 0.634. The average Bonchev–Trinajstić information content (AvgIpc) is 2.92. The number of aldehydes is 1. The van der Waals surface area contributed by atoms with Gasteiger partial charge in [0.05, 0.1) is 20.5 Å². The number of thiophene rings is 1. The number of hydrogen-bond donors (Lipinski definition) is 0. The summed E-state index contributed by atoms with van der Waals surface area (Å²) < 4.78 is 2.46. The van der Waals surface area contributed by atoms with Crippen LogP contribution in [0.2, 0.25) is 5.02 Å². The van der Waals surface area contributed by atoms with Crippen molar-refractivity contribution < 1.29 is 4.79 Å². The van der Waals surface area contributed by atoms with E-state index in [4.69, 9.17) is 11.6 Å². The molecule has 0 saturated carbocycles. The van der Waals surface area contributed by atoms with Gasteiger partial charge in [-0.05, 0) is 42.3 Å². The molecular weight excluding hydrogens is 364 g/mol. The number of halogens is 1. The summed E-state index contributed by atoms with van der Waals surface area (Å²) in [6, 6.07) is 10.5. The van der Waals surface area contributed by atoms with E-state index in [-0.39, 0.29) is 5.56 Å². The molecule has 0 fully saturated rings. The predicted molar refractivity (Wildman–Crippen MR) is 98.0 cm³/mol. The SMILES string of the molecule is O=Cc1cc2c(s1)SCCc1cc(=O)n(-c3ccc(Cl)cc3)nc1-2. The van der Waals surface area contributed by atoms with Crippen LogP contribution in [0.4, 0.5) is 0 Å². The van der Waals surface area contributed by atoms with Gasteiger partial charge >= 0.3 is 0 Å². The fourth-order valence-electron chi connectivity index (χ4n) is 2.65. The Morgan fingerprint density at radius 2 is 2.00 bits per heavy atom. The third-order valence-corrected chi connectivity index (χ3v) is 6.38. The van der Waals surface area contributed by atoms with Crippen LogP contribution in [0, 0.1) is 0 Å². The first-order chi connectivity index (χ1) is 11.7. The molecule has 0 atom stereocenters. The lowest BCUT2D eigenvalue weighted by Gasteiger charge is -2.10. The molecule has 2 aromatic heterocycles. The number of carbonyl (C=O) groups excluding carboxylic acids is 1. The number of aromatic nitrogens is 2. The van der Waals surface area contributed by atoms with Gasteiger partial charge in [0.1, 0.15) is 0 Å². The van der Waals surface area contributed by atoms with Crippen LogP contribution >= 0.6 is 34.7 Å². The molecule has 0 saturated heterocycles. The summed E-state index contributed by atoms with van der Waals surface area (Å²) in [5.74, 6) is 0.866. The molecule has 4 rings (SSSR count). The molecule has 3 heterocycles. The third-order valence-electron chi connectivity index (χ3n) is 3.77. The maximum Gasteiger partial charge on any atom is 0.271 e. The zero-order valence-corrected chi connectivity index (χ0v) is 14.7. The van der Waals surface area contributed by atoms with E-state index in [0.29, 0.717) is 15.6 Å². The zero-order valence-electron chi connectivity index (χ0n) is 12.4. The van der Waals surface area contributed by atoms with Crippen molar-refractivity contribution in [3.05, 3.63) is 62.2 Å². The van der Waals surface area contributed by atoms with E-state index < -0.39 is 0 Å². The molecular formula is C17H11ClN2O2S2. The minimum Gasteiger partial charge on any atom is -0.297 e. The van der Waals surface area contributed by atoms with Crippen molar-refractivity contribution in [2.45, 2.75) is 10.6 Å². The van der Waals surface area contributed by atoms with E-state index in [1.807, 2.05) is 6.07 Å². The fraction of sp³-hybridized carbons (Fsp3) is 0.118. The molecule has 0 bridgehead atoms. The van der Waals surface area contributed by atoms with E-state index in [2.05, 4.69) is 5.10 Å². The second kappa shape index (κ2) is 6.20.